The molecule has 3 aromatic carbocycles. The predicted octanol–water partition coefficient (Wildman–Crippen LogP) is 5.32. The Balaban J connectivity index is 1.35. The molecule has 5 rings (SSSR count). The van der Waals surface area contributed by atoms with Gasteiger partial charge in [0.25, 0.3) is 0 Å². The zero-order chi connectivity index (χ0) is 22.6. The molecule has 0 unspecified atom stereocenters. The first kappa shape index (κ1) is 21.7. The largest absolute Gasteiger partial charge is 0.337 e. The van der Waals surface area contributed by atoms with Crippen LogP contribution in [-0.2, 0) is 24.3 Å². The average Bonchev–Trinajstić information content (AvgIpc) is 3.25. The maximum atomic E-state index is 13.0. The standard InChI is InChI=1S/C26H23ClN4OS/c27-23-12-10-21(11-13-23)25-28-29-26(31(25)16-19-6-2-1-3-7-19)33-18-24(32)30-15-14-20-8-4-5-9-22(20)17-30/h1-13H,14-18H2. The lowest BCUT2D eigenvalue weighted by Gasteiger charge is -2.28. The zero-order valence-electron chi connectivity index (χ0n) is 18.0. The fraction of sp³-hybridized carbons (Fsp3) is 0.192. The van der Waals surface area contributed by atoms with Gasteiger partial charge in [0, 0.05) is 23.7 Å². The van der Waals surface area contributed by atoms with E-state index in [2.05, 4.69) is 45.1 Å². The minimum Gasteiger partial charge on any atom is -0.337 e. The number of fused-ring (bicyclic) bond motifs is 1. The quantitative estimate of drug-likeness (QED) is 0.355. The van der Waals surface area contributed by atoms with Crippen molar-refractivity contribution in [1.29, 1.82) is 0 Å². The molecule has 7 heteroatoms. The molecule has 2 heterocycles. The van der Waals surface area contributed by atoms with Gasteiger partial charge < -0.3 is 4.90 Å². The second kappa shape index (κ2) is 9.81. The minimum atomic E-state index is 0.122. The summed E-state index contributed by atoms with van der Waals surface area (Å²) in [6.07, 6.45) is 0.900. The highest BCUT2D eigenvalue weighted by atomic mass is 35.5. The van der Waals surface area contributed by atoms with Crippen molar-refractivity contribution < 1.29 is 4.79 Å². The van der Waals surface area contributed by atoms with E-state index in [1.807, 2.05) is 53.4 Å². The lowest BCUT2D eigenvalue weighted by molar-refractivity contribution is -0.129. The van der Waals surface area contributed by atoms with Crippen molar-refractivity contribution in [3.05, 3.63) is 101 Å². The van der Waals surface area contributed by atoms with Gasteiger partial charge >= 0.3 is 0 Å². The molecular weight excluding hydrogens is 452 g/mol. The van der Waals surface area contributed by atoms with Gasteiger partial charge in [0.05, 0.1) is 12.3 Å². The van der Waals surface area contributed by atoms with Crippen LogP contribution >= 0.6 is 23.4 Å². The normalized spacial score (nSPS) is 13.1. The van der Waals surface area contributed by atoms with Crippen LogP contribution in [-0.4, -0.2) is 37.9 Å². The predicted molar refractivity (Wildman–Crippen MR) is 132 cm³/mol. The third kappa shape index (κ3) is 4.97. The summed E-state index contributed by atoms with van der Waals surface area (Å²) in [6, 6.07) is 26.1. The maximum absolute atomic E-state index is 13.0. The molecule has 0 fully saturated rings. The SMILES string of the molecule is O=C(CSc1nnc(-c2ccc(Cl)cc2)n1Cc1ccccc1)N1CCc2ccccc2C1. The molecule has 1 aromatic heterocycles. The molecule has 0 atom stereocenters. The number of carbonyl (C=O) groups is 1. The van der Waals surface area contributed by atoms with Crippen molar-refractivity contribution in [3.8, 4) is 11.4 Å². The summed E-state index contributed by atoms with van der Waals surface area (Å²) in [5.74, 6) is 1.21. The highest BCUT2D eigenvalue weighted by Gasteiger charge is 2.22. The van der Waals surface area contributed by atoms with E-state index in [1.54, 1.807) is 0 Å². The van der Waals surface area contributed by atoms with Crippen LogP contribution in [0.25, 0.3) is 11.4 Å². The molecule has 0 bridgehead atoms. The van der Waals surface area contributed by atoms with Crippen LogP contribution in [0.1, 0.15) is 16.7 Å². The summed E-state index contributed by atoms with van der Waals surface area (Å²) >= 11 is 7.51. The molecule has 0 spiro atoms. The zero-order valence-corrected chi connectivity index (χ0v) is 19.6. The van der Waals surface area contributed by atoms with Crippen molar-refractivity contribution in [2.24, 2.45) is 0 Å². The van der Waals surface area contributed by atoms with Gasteiger partial charge in [0.2, 0.25) is 5.91 Å². The fourth-order valence-electron chi connectivity index (χ4n) is 4.04. The number of halogens is 1. The van der Waals surface area contributed by atoms with E-state index >= 15 is 0 Å². The molecule has 0 N–H and O–H groups in total. The number of carbonyl (C=O) groups excluding carboxylic acids is 1. The van der Waals surface area contributed by atoms with Crippen LogP contribution in [0.3, 0.4) is 0 Å². The van der Waals surface area contributed by atoms with Gasteiger partial charge in [0.15, 0.2) is 11.0 Å². The first-order valence-electron chi connectivity index (χ1n) is 10.9. The number of rotatable bonds is 6. The Morgan fingerprint density at radius 2 is 1.64 bits per heavy atom. The highest BCUT2D eigenvalue weighted by molar-refractivity contribution is 7.99. The molecular formula is C26H23ClN4OS. The second-order valence-electron chi connectivity index (χ2n) is 8.01. The van der Waals surface area contributed by atoms with E-state index in [0.29, 0.717) is 23.9 Å². The van der Waals surface area contributed by atoms with Gasteiger partial charge in [-0.05, 0) is 47.4 Å². The number of hydrogen-bond donors (Lipinski definition) is 0. The summed E-state index contributed by atoms with van der Waals surface area (Å²) in [5.41, 5.74) is 4.66. The minimum absolute atomic E-state index is 0.122. The van der Waals surface area contributed by atoms with Crippen LogP contribution in [0, 0.1) is 0 Å². The lowest BCUT2D eigenvalue weighted by atomic mass is 10.00. The van der Waals surface area contributed by atoms with Gasteiger partial charge in [-0.15, -0.1) is 10.2 Å². The first-order chi connectivity index (χ1) is 16.2. The smallest absolute Gasteiger partial charge is 0.233 e. The summed E-state index contributed by atoms with van der Waals surface area (Å²) in [4.78, 5) is 14.9. The van der Waals surface area contributed by atoms with Crippen LogP contribution in [0.15, 0.2) is 84.0 Å². The second-order valence-corrected chi connectivity index (χ2v) is 9.39. The van der Waals surface area contributed by atoms with Gasteiger partial charge in [-0.25, -0.2) is 0 Å². The average molecular weight is 475 g/mol. The van der Waals surface area contributed by atoms with Crippen molar-refractivity contribution in [2.75, 3.05) is 12.3 Å². The summed E-state index contributed by atoms with van der Waals surface area (Å²) in [5, 5.41) is 10.3. The van der Waals surface area contributed by atoms with E-state index < -0.39 is 0 Å². The van der Waals surface area contributed by atoms with Crippen molar-refractivity contribution >= 4 is 29.3 Å². The monoisotopic (exact) mass is 474 g/mol. The van der Waals surface area contributed by atoms with Crippen LogP contribution in [0.2, 0.25) is 5.02 Å². The fourth-order valence-corrected chi connectivity index (χ4v) is 5.01. The van der Waals surface area contributed by atoms with Crippen LogP contribution in [0.4, 0.5) is 0 Å². The Kier molecular flexibility index (Phi) is 6.46. The third-order valence-corrected chi connectivity index (χ3v) is 7.01. The van der Waals surface area contributed by atoms with Crippen molar-refractivity contribution in [1.82, 2.24) is 19.7 Å². The van der Waals surface area contributed by atoms with Crippen LogP contribution in [0.5, 0.6) is 0 Å². The summed E-state index contributed by atoms with van der Waals surface area (Å²) in [6.45, 7) is 2.05. The number of nitrogens with zero attached hydrogens (tertiary/aromatic N) is 4. The molecule has 0 radical (unpaired) electrons. The number of hydrogen-bond acceptors (Lipinski definition) is 4. The molecule has 0 saturated carbocycles. The number of aromatic nitrogens is 3. The van der Waals surface area contributed by atoms with E-state index in [4.69, 9.17) is 11.6 Å². The Morgan fingerprint density at radius 3 is 2.42 bits per heavy atom. The number of thioether (sulfide) groups is 1. The van der Waals surface area contributed by atoms with E-state index in [0.717, 1.165) is 35.1 Å². The molecule has 1 amide bonds. The molecule has 0 aliphatic carbocycles. The van der Waals surface area contributed by atoms with Gasteiger partial charge in [-0.1, -0.05) is 78.0 Å². The Morgan fingerprint density at radius 1 is 0.909 bits per heavy atom. The number of amides is 1. The number of benzene rings is 3. The summed E-state index contributed by atoms with van der Waals surface area (Å²) < 4.78 is 2.07. The summed E-state index contributed by atoms with van der Waals surface area (Å²) in [7, 11) is 0. The van der Waals surface area contributed by atoms with E-state index in [-0.39, 0.29) is 5.91 Å². The molecule has 5 nitrogen and oxygen atoms in total. The lowest BCUT2D eigenvalue weighted by Crippen LogP contribution is -2.37. The molecule has 1 aliphatic heterocycles. The maximum Gasteiger partial charge on any atom is 0.233 e. The van der Waals surface area contributed by atoms with Crippen molar-refractivity contribution in [2.45, 2.75) is 24.7 Å². The van der Waals surface area contributed by atoms with Gasteiger partial charge in [-0.2, -0.15) is 0 Å². The molecule has 33 heavy (non-hydrogen) atoms. The molecule has 4 aromatic rings. The Hall–Kier alpha value is -3.09. The topological polar surface area (TPSA) is 51.0 Å². The Labute approximate surface area is 202 Å². The van der Waals surface area contributed by atoms with Crippen LogP contribution < -0.4 is 0 Å². The van der Waals surface area contributed by atoms with E-state index in [1.165, 1.54) is 22.9 Å². The van der Waals surface area contributed by atoms with Gasteiger partial charge in [0.1, 0.15) is 0 Å². The third-order valence-electron chi connectivity index (χ3n) is 5.81. The van der Waals surface area contributed by atoms with E-state index in [9.17, 15) is 4.79 Å². The molecule has 1 aliphatic rings. The highest BCUT2D eigenvalue weighted by Crippen LogP contribution is 2.27. The molecule has 166 valence electrons. The van der Waals surface area contributed by atoms with Gasteiger partial charge in [-0.3, -0.25) is 9.36 Å². The first-order valence-corrected chi connectivity index (χ1v) is 12.2. The Bertz CT molecular complexity index is 1260. The van der Waals surface area contributed by atoms with Crippen molar-refractivity contribution in [3.63, 3.8) is 0 Å². The molecule has 0 saturated heterocycles.